The van der Waals surface area contributed by atoms with Crippen LogP contribution in [0.25, 0.3) is 0 Å². The van der Waals surface area contributed by atoms with Gasteiger partial charge in [0.05, 0.1) is 17.0 Å². The number of hydrogen-bond donors (Lipinski definition) is 0. The molecule has 2 aromatic rings. The standard InChI is InChI=1S/C15H11NO2/c17-15-12-8-4-5-9-13(12)16-14(10-18-15)11-6-2-1-3-7-11/h1-9H,10H2. The maximum Gasteiger partial charge on any atom is 0.340 e. The Morgan fingerprint density at radius 3 is 2.50 bits per heavy atom. The molecule has 0 atom stereocenters. The van der Waals surface area contributed by atoms with Crippen molar-refractivity contribution >= 4 is 17.4 Å². The minimum atomic E-state index is -0.319. The van der Waals surface area contributed by atoms with E-state index < -0.39 is 0 Å². The fraction of sp³-hybridized carbons (Fsp3) is 0.0667. The normalized spacial score (nSPS) is 14.2. The highest BCUT2D eigenvalue weighted by atomic mass is 16.5. The Hall–Kier alpha value is -2.42. The molecule has 0 fully saturated rings. The monoisotopic (exact) mass is 237 g/mol. The van der Waals surface area contributed by atoms with E-state index in [2.05, 4.69) is 4.99 Å². The van der Waals surface area contributed by atoms with Gasteiger partial charge in [-0.2, -0.15) is 0 Å². The number of para-hydroxylation sites is 1. The summed E-state index contributed by atoms with van der Waals surface area (Å²) in [5, 5.41) is 0. The van der Waals surface area contributed by atoms with Gasteiger partial charge >= 0.3 is 5.97 Å². The number of nitrogens with zero attached hydrogens (tertiary/aromatic N) is 1. The zero-order valence-corrected chi connectivity index (χ0v) is 9.67. The zero-order chi connectivity index (χ0) is 12.4. The van der Waals surface area contributed by atoms with E-state index in [1.807, 2.05) is 48.5 Å². The van der Waals surface area contributed by atoms with Gasteiger partial charge in [0, 0.05) is 0 Å². The van der Waals surface area contributed by atoms with E-state index in [-0.39, 0.29) is 12.6 Å². The maximum absolute atomic E-state index is 11.8. The molecule has 3 nitrogen and oxygen atoms in total. The molecule has 0 N–H and O–H groups in total. The fourth-order valence-corrected chi connectivity index (χ4v) is 1.91. The van der Waals surface area contributed by atoms with Crippen LogP contribution in [0.2, 0.25) is 0 Å². The molecule has 0 saturated heterocycles. The van der Waals surface area contributed by atoms with E-state index in [0.29, 0.717) is 11.3 Å². The van der Waals surface area contributed by atoms with Gasteiger partial charge in [0.2, 0.25) is 0 Å². The SMILES string of the molecule is O=C1OCC(c2ccccc2)=Nc2ccccc21. The number of esters is 1. The van der Waals surface area contributed by atoms with Gasteiger partial charge in [-0.1, -0.05) is 42.5 Å². The summed E-state index contributed by atoms with van der Waals surface area (Å²) in [5.41, 5.74) is 2.93. The van der Waals surface area contributed by atoms with Gasteiger partial charge in [0.1, 0.15) is 6.61 Å². The van der Waals surface area contributed by atoms with Crippen molar-refractivity contribution in [3.63, 3.8) is 0 Å². The molecular formula is C15H11NO2. The summed E-state index contributed by atoms with van der Waals surface area (Å²) in [7, 11) is 0. The minimum absolute atomic E-state index is 0.206. The first kappa shape index (κ1) is 10.7. The van der Waals surface area contributed by atoms with E-state index >= 15 is 0 Å². The zero-order valence-electron chi connectivity index (χ0n) is 9.67. The van der Waals surface area contributed by atoms with Gasteiger partial charge in [0.15, 0.2) is 0 Å². The van der Waals surface area contributed by atoms with Gasteiger partial charge in [-0.3, -0.25) is 0 Å². The molecule has 0 saturated carbocycles. The number of cyclic esters (lactones) is 1. The summed E-state index contributed by atoms with van der Waals surface area (Å²) in [6, 6.07) is 17.0. The lowest BCUT2D eigenvalue weighted by atomic mass is 10.1. The van der Waals surface area contributed by atoms with E-state index in [9.17, 15) is 4.79 Å². The van der Waals surface area contributed by atoms with Crippen molar-refractivity contribution < 1.29 is 9.53 Å². The quantitative estimate of drug-likeness (QED) is 0.715. The van der Waals surface area contributed by atoms with E-state index in [1.165, 1.54) is 0 Å². The first-order valence-electron chi connectivity index (χ1n) is 5.74. The third kappa shape index (κ3) is 1.91. The van der Waals surface area contributed by atoms with Crippen LogP contribution in [0.5, 0.6) is 0 Å². The average molecular weight is 237 g/mol. The summed E-state index contributed by atoms with van der Waals surface area (Å²) >= 11 is 0. The molecule has 1 heterocycles. The molecule has 0 aliphatic carbocycles. The molecule has 88 valence electrons. The topological polar surface area (TPSA) is 38.7 Å². The van der Waals surface area contributed by atoms with Crippen LogP contribution in [-0.4, -0.2) is 18.3 Å². The summed E-state index contributed by atoms with van der Waals surface area (Å²) in [4.78, 5) is 16.3. The summed E-state index contributed by atoms with van der Waals surface area (Å²) in [6.45, 7) is 0.206. The Balaban J connectivity index is 2.10. The predicted molar refractivity (Wildman–Crippen MR) is 69.4 cm³/mol. The lowest BCUT2D eigenvalue weighted by Crippen LogP contribution is -2.12. The van der Waals surface area contributed by atoms with Crippen molar-refractivity contribution in [3.05, 3.63) is 65.7 Å². The van der Waals surface area contributed by atoms with Crippen molar-refractivity contribution in [2.24, 2.45) is 4.99 Å². The number of ether oxygens (including phenoxy) is 1. The van der Waals surface area contributed by atoms with Crippen LogP contribution in [0.3, 0.4) is 0 Å². The van der Waals surface area contributed by atoms with Crippen LogP contribution < -0.4 is 0 Å². The Morgan fingerprint density at radius 2 is 1.67 bits per heavy atom. The summed E-state index contributed by atoms with van der Waals surface area (Å²) in [5.74, 6) is -0.319. The lowest BCUT2D eigenvalue weighted by Gasteiger charge is -2.03. The van der Waals surface area contributed by atoms with Crippen LogP contribution in [0.4, 0.5) is 5.69 Å². The Kier molecular flexibility index (Phi) is 2.65. The third-order valence-electron chi connectivity index (χ3n) is 2.83. The number of hydrogen-bond acceptors (Lipinski definition) is 3. The number of rotatable bonds is 1. The Morgan fingerprint density at radius 1 is 0.944 bits per heavy atom. The molecule has 0 unspecified atom stereocenters. The average Bonchev–Trinajstić information content (AvgIpc) is 2.60. The maximum atomic E-state index is 11.8. The lowest BCUT2D eigenvalue weighted by molar-refractivity contribution is 0.0568. The second kappa shape index (κ2) is 4.45. The molecule has 3 rings (SSSR count). The van der Waals surface area contributed by atoms with E-state index in [0.717, 1.165) is 11.3 Å². The molecular weight excluding hydrogens is 226 g/mol. The molecule has 18 heavy (non-hydrogen) atoms. The third-order valence-corrected chi connectivity index (χ3v) is 2.83. The minimum Gasteiger partial charge on any atom is -0.455 e. The fourth-order valence-electron chi connectivity index (χ4n) is 1.91. The van der Waals surface area contributed by atoms with Crippen molar-refractivity contribution in [2.75, 3.05) is 6.61 Å². The van der Waals surface area contributed by atoms with Crippen molar-refractivity contribution in [3.8, 4) is 0 Å². The predicted octanol–water partition coefficient (Wildman–Crippen LogP) is 2.98. The van der Waals surface area contributed by atoms with Crippen LogP contribution in [0.15, 0.2) is 59.6 Å². The number of fused-ring (bicyclic) bond motifs is 1. The molecule has 0 amide bonds. The molecule has 0 bridgehead atoms. The van der Waals surface area contributed by atoms with Gasteiger partial charge < -0.3 is 4.74 Å². The van der Waals surface area contributed by atoms with Crippen molar-refractivity contribution in [1.29, 1.82) is 0 Å². The molecule has 0 aromatic heterocycles. The number of carbonyl (C=O) groups is 1. The Labute approximate surface area is 105 Å². The number of carbonyl (C=O) groups excluding carboxylic acids is 1. The largest absolute Gasteiger partial charge is 0.455 e. The number of benzene rings is 2. The van der Waals surface area contributed by atoms with Crippen molar-refractivity contribution in [2.45, 2.75) is 0 Å². The highest BCUT2D eigenvalue weighted by Crippen LogP contribution is 2.23. The van der Waals surface area contributed by atoms with Crippen LogP contribution >= 0.6 is 0 Å². The Bertz CT molecular complexity index is 617. The highest BCUT2D eigenvalue weighted by molar-refractivity contribution is 6.08. The van der Waals surface area contributed by atoms with Crippen LogP contribution in [0, 0.1) is 0 Å². The van der Waals surface area contributed by atoms with Gasteiger partial charge in [-0.15, -0.1) is 0 Å². The first-order chi connectivity index (χ1) is 8.84. The summed E-state index contributed by atoms with van der Waals surface area (Å²) < 4.78 is 5.23. The smallest absolute Gasteiger partial charge is 0.340 e. The summed E-state index contributed by atoms with van der Waals surface area (Å²) in [6.07, 6.45) is 0. The number of aliphatic imine (C=N–C) groups is 1. The molecule has 3 heteroatoms. The molecule has 1 aliphatic heterocycles. The second-order valence-electron chi connectivity index (χ2n) is 4.02. The highest BCUT2D eigenvalue weighted by Gasteiger charge is 2.18. The second-order valence-corrected chi connectivity index (χ2v) is 4.02. The molecule has 1 aliphatic rings. The van der Waals surface area contributed by atoms with Gasteiger partial charge in [-0.05, 0) is 17.7 Å². The first-order valence-corrected chi connectivity index (χ1v) is 5.74. The van der Waals surface area contributed by atoms with Crippen LogP contribution in [-0.2, 0) is 4.74 Å². The van der Waals surface area contributed by atoms with Gasteiger partial charge in [0.25, 0.3) is 0 Å². The van der Waals surface area contributed by atoms with E-state index in [4.69, 9.17) is 4.74 Å². The van der Waals surface area contributed by atoms with E-state index in [1.54, 1.807) is 6.07 Å². The van der Waals surface area contributed by atoms with Crippen molar-refractivity contribution in [1.82, 2.24) is 0 Å². The molecule has 0 radical (unpaired) electrons. The molecule has 2 aromatic carbocycles. The van der Waals surface area contributed by atoms with Crippen LogP contribution in [0.1, 0.15) is 15.9 Å². The molecule has 0 spiro atoms. The van der Waals surface area contributed by atoms with Gasteiger partial charge in [-0.25, -0.2) is 9.79 Å².